The fourth-order valence-corrected chi connectivity index (χ4v) is 5.53. The highest BCUT2D eigenvalue weighted by atomic mass is 35.5. The Labute approximate surface area is 196 Å². The highest BCUT2D eigenvalue weighted by molar-refractivity contribution is 8.00. The molecule has 0 saturated heterocycles. The predicted molar refractivity (Wildman–Crippen MR) is 123 cm³/mol. The van der Waals surface area contributed by atoms with E-state index in [1.807, 2.05) is 37.3 Å². The van der Waals surface area contributed by atoms with Gasteiger partial charge in [-0.2, -0.15) is 0 Å². The van der Waals surface area contributed by atoms with Crippen LogP contribution in [0.2, 0.25) is 5.02 Å². The van der Waals surface area contributed by atoms with Crippen molar-refractivity contribution < 1.29 is 17.9 Å². The van der Waals surface area contributed by atoms with Gasteiger partial charge in [-0.3, -0.25) is 4.79 Å². The van der Waals surface area contributed by atoms with Crippen molar-refractivity contribution in [1.29, 1.82) is 0 Å². The lowest BCUT2D eigenvalue weighted by Gasteiger charge is -2.17. The van der Waals surface area contributed by atoms with E-state index in [0.717, 1.165) is 5.56 Å². The number of sulfonamides is 1. The van der Waals surface area contributed by atoms with Crippen LogP contribution in [0.4, 0.5) is 0 Å². The number of benzene rings is 2. The summed E-state index contributed by atoms with van der Waals surface area (Å²) in [5.74, 6) is 0.0223. The predicted octanol–water partition coefficient (Wildman–Crippen LogP) is 4.00. The number of rotatable bonds is 9. The first kappa shape index (κ1) is 24.2. The zero-order chi connectivity index (χ0) is 23.3. The minimum atomic E-state index is -3.79. The molecule has 1 aromatic heterocycles. The average molecular weight is 495 g/mol. The number of aromatic nitrogens is 3. The van der Waals surface area contributed by atoms with Crippen LogP contribution in [0.1, 0.15) is 36.5 Å². The smallest absolute Gasteiger partial charge is 0.323 e. The third kappa shape index (κ3) is 5.50. The van der Waals surface area contributed by atoms with Crippen molar-refractivity contribution in [3.63, 3.8) is 0 Å². The van der Waals surface area contributed by atoms with Gasteiger partial charge in [-0.1, -0.05) is 53.7 Å². The number of hydrogen-bond donors (Lipinski definition) is 1. The molecule has 0 bridgehead atoms. The van der Waals surface area contributed by atoms with Crippen LogP contribution in [0, 0.1) is 0 Å². The molecule has 11 heteroatoms. The van der Waals surface area contributed by atoms with Crippen molar-refractivity contribution in [2.24, 2.45) is 0 Å². The fraction of sp³-hybridized carbons (Fsp3) is 0.286. The largest absolute Gasteiger partial charge is 0.468 e. The third-order valence-corrected chi connectivity index (χ3v) is 7.67. The Kier molecular flexibility index (Phi) is 7.94. The van der Waals surface area contributed by atoms with Gasteiger partial charge in [0.15, 0.2) is 11.0 Å². The van der Waals surface area contributed by atoms with E-state index < -0.39 is 27.3 Å². The highest BCUT2D eigenvalue weighted by Crippen LogP contribution is 2.36. The summed E-state index contributed by atoms with van der Waals surface area (Å²) in [5.41, 5.74) is 0.771. The minimum absolute atomic E-state index is 0.0979. The first-order chi connectivity index (χ1) is 15.3. The number of nitrogens with zero attached hydrogens (tertiary/aromatic N) is 3. The van der Waals surface area contributed by atoms with Crippen LogP contribution in [-0.2, 0) is 26.1 Å². The first-order valence-electron chi connectivity index (χ1n) is 9.77. The first-order valence-corrected chi connectivity index (χ1v) is 12.5. The molecule has 2 aromatic carbocycles. The summed E-state index contributed by atoms with van der Waals surface area (Å²) in [6, 6.07) is 14.5. The van der Waals surface area contributed by atoms with Gasteiger partial charge in [-0.25, -0.2) is 13.1 Å². The normalized spacial score (nSPS) is 13.5. The molecule has 0 fully saturated rings. The second-order valence-corrected chi connectivity index (χ2v) is 10.0. The zero-order valence-electron chi connectivity index (χ0n) is 17.7. The molecular formula is C21H23ClN4O4S2. The number of carbonyl (C=O) groups is 1. The molecule has 1 unspecified atom stereocenters. The fourth-order valence-electron chi connectivity index (χ4n) is 3.06. The molecule has 3 aromatic rings. The number of hydrogen-bond acceptors (Lipinski definition) is 7. The summed E-state index contributed by atoms with van der Waals surface area (Å²) in [6.45, 7) is 4.07. The average Bonchev–Trinajstić information content (AvgIpc) is 3.20. The lowest BCUT2D eigenvalue weighted by Crippen LogP contribution is -2.29. The van der Waals surface area contributed by atoms with Crippen LogP contribution in [0.15, 0.2) is 64.6 Å². The Bertz CT molecular complexity index is 1170. The second kappa shape index (κ2) is 10.5. The monoisotopic (exact) mass is 494 g/mol. The number of ether oxygens (including phenoxy) is 1. The van der Waals surface area contributed by atoms with Crippen LogP contribution < -0.4 is 4.72 Å². The van der Waals surface area contributed by atoms with Crippen LogP contribution in [-0.4, -0.2) is 36.3 Å². The summed E-state index contributed by atoms with van der Waals surface area (Å²) in [4.78, 5) is 12.5. The van der Waals surface area contributed by atoms with Gasteiger partial charge in [0.1, 0.15) is 5.25 Å². The summed E-state index contributed by atoms with van der Waals surface area (Å²) < 4.78 is 34.9. The molecule has 8 nitrogen and oxygen atoms in total. The van der Waals surface area contributed by atoms with E-state index in [9.17, 15) is 13.2 Å². The lowest BCUT2D eigenvalue weighted by atomic mass is 10.1. The summed E-state index contributed by atoms with van der Waals surface area (Å²) >= 11 is 7.05. The summed E-state index contributed by atoms with van der Waals surface area (Å²) in [6.07, 6.45) is 0. The molecule has 0 amide bonds. The molecule has 32 heavy (non-hydrogen) atoms. The molecule has 0 saturated carbocycles. The van der Waals surface area contributed by atoms with Crippen molar-refractivity contribution in [2.75, 3.05) is 7.11 Å². The van der Waals surface area contributed by atoms with Crippen molar-refractivity contribution in [3.8, 4) is 0 Å². The van der Waals surface area contributed by atoms with Gasteiger partial charge in [-0.15, -0.1) is 10.2 Å². The Morgan fingerprint density at radius 2 is 1.81 bits per heavy atom. The Hall–Kier alpha value is -2.40. The Morgan fingerprint density at radius 3 is 2.41 bits per heavy atom. The topological polar surface area (TPSA) is 103 Å². The maximum Gasteiger partial charge on any atom is 0.323 e. The van der Waals surface area contributed by atoms with E-state index in [2.05, 4.69) is 14.9 Å². The van der Waals surface area contributed by atoms with Gasteiger partial charge < -0.3 is 9.30 Å². The molecule has 0 aliphatic carbocycles. The molecule has 0 aliphatic heterocycles. The van der Waals surface area contributed by atoms with Gasteiger partial charge in [0, 0.05) is 11.6 Å². The number of nitrogens with one attached hydrogen (secondary N) is 1. The van der Waals surface area contributed by atoms with Gasteiger partial charge in [0.05, 0.1) is 18.0 Å². The van der Waals surface area contributed by atoms with Gasteiger partial charge in [0.25, 0.3) is 0 Å². The minimum Gasteiger partial charge on any atom is -0.468 e. The molecule has 2 atom stereocenters. The molecule has 170 valence electrons. The number of carbonyl (C=O) groups excluding carboxylic acids is 1. The summed E-state index contributed by atoms with van der Waals surface area (Å²) in [7, 11) is -2.46. The van der Waals surface area contributed by atoms with Crippen LogP contribution in [0.3, 0.4) is 0 Å². The zero-order valence-corrected chi connectivity index (χ0v) is 20.1. The summed E-state index contributed by atoms with van der Waals surface area (Å²) in [5, 5.41) is 8.72. The number of thioether (sulfide) groups is 1. The highest BCUT2D eigenvalue weighted by Gasteiger charge is 2.28. The Balaban J connectivity index is 1.86. The molecule has 0 radical (unpaired) electrons. The maximum absolute atomic E-state index is 12.7. The van der Waals surface area contributed by atoms with Crippen molar-refractivity contribution >= 4 is 39.4 Å². The molecule has 1 heterocycles. The van der Waals surface area contributed by atoms with Gasteiger partial charge in [-0.05, 0) is 43.7 Å². The third-order valence-electron chi connectivity index (χ3n) is 4.65. The molecule has 0 aliphatic rings. The van der Waals surface area contributed by atoms with Gasteiger partial charge in [0.2, 0.25) is 10.0 Å². The van der Waals surface area contributed by atoms with E-state index in [4.69, 9.17) is 16.3 Å². The van der Waals surface area contributed by atoms with E-state index in [1.165, 1.54) is 43.1 Å². The standard InChI is InChI=1S/C21H23ClN4O4S2/c1-4-26-19(14(2)25-32(28,29)17-12-10-16(22)11-13-17)23-24-21(26)31-18(20(27)30-3)15-8-6-5-7-9-15/h5-14,18,25H,4H2,1-3H3/t14-,18?/m1/s1. The van der Waals surface area contributed by atoms with Gasteiger partial charge >= 0.3 is 5.97 Å². The second-order valence-electron chi connectivity index (χ2n) is 6.81. The number of esters is 1. The number of halogens is 1. The van der Waals surface area contributed by atoms with E-state index in [1.54, 1.807) is 11.5 Å². The Morgan fingerprint density at radius 1 is 1.16 bits per heavy atom. The lowest BCUT2D eigenvalue weighted by molar-refractivity contribution is -0.140. The molecule has 0 spiro atoms. The van der Waals surface area contributed by atoms with Crippen molar-refractivity contribution in [2.45, 2.75) is 41.7 Å². The van der Waals surface area contributed by atoms with Crippen LogP contribution in [0.25, 0.3) is 0 Å². The number of methoxy groups -OCH3 is 1. The molecule has 3 rings (SSSR count). The maximum atomic E-state index is 12.7. The molecule has 1 N–H and O–H groups in total. The van der Waals surface area contributed by atoms with Crippen LogP contribution in [0.5, 0.6) is 0 Å². The SMILES string of the molecule is CCn1c(SC(C(=O)OC)c2ccccc2)nnc1[C@@H](C)NS(=O)(=O)c1ccc(Cl)cc1. The van der Waals surface area contributed by atoms with Crippen molar-refractivity contribution in [1.82, 2.24) is 19.5 Å². The van der Waals surface area contributed by atoms with E-state index in [0.29, 0.717) is 22.5 Å². The molecular weight excluding hydrogens is 472 g/mol. The van der Waals surface area contributed by atoms with E-state index >= 15 is 0 Å². The quantitative estimate of drug-likeness (QED) is 0.354. The van der Waals surface area contributed by atoms with Crippen molar-refractivity contribution in [3.05, 3.63) is 71.0 Å². The van der Waals surface area contributed by atoms with E-state index in [-0.39, 0.29) is 4.90 Å². The van der Waals surface area contributed by atoms with Crippen LogP contribution >= 0.6 is 23.4 Å².